The third kappa shape index (κ3) is 3.88. The monoisotopic (exact) mass is 435 g/mol. The second-order valence-corrected chi connectivity index (χ2v) is 7.76. The molecule has 5 nitrogen and oxygen atoms in total. The molecule has 0 atom stereocenters. The Balaban J connectivity index is 2.53. The molecule has 0 saturated heterocycles. The number of hydrogen-bond donors (Lipinski definition) is 1. The number of hydrogen-bond acceptors (Lipinski definition) is 4. The first kappa shape index (κ1) is 18.7. The summed E-state index contributed by atoms with van der Waals surface area (Å²) in [5.74, 6) is -1.81. The summed E-state index contributed by atoms with van der Waals surface area (Å²) < 4.78 is 46.1. The Bertz CT molecular complexity index is 918. The lowest BCUT2D eigenvalue weighted by molar-refractivity contribution is 0.0599. The third-order valence-electron chi connectivity index (χ3n) is 3.16. The zero-order chi connectivity index (χ0) is 18.1. The Morgan fingerprint density at radius 2 is 1.96 bits per heavy atom. The molecule has 0 heterocycles. The number of anilines is 1. The van der Waals surface area contributed by atoms with E-state index in [1.807, 2.05) is 0 Å². The van der Waals surface area contributed by atoms with Gasteiger partial charge in [0, 0.05) is 9.50 Å². The fraction of sp³-hybridized carbons (Fsp3) is 0.133. The zero-order valence-electron chi connectivity index (χ0n) is 12.6. The summed E-state index contributed by atoms with van der Waals surface area (Å²) in [4.78, 5) is 11.0. The predicted molar refractivity (Wildman–Crippen MR) is 92.4 cm³/mol. The van der Waals surface area contributed by atoms with E-state index in [2.05, 4.69) is 25.4 Å². The van der Waals surface area contributed by atoms with E-state index in [1.54, 1.807) is 19.1 Å². The first-order valence-electron chi connectivity index (χ1n) is 6.52. The molecule has 24 heavy (non-hydrogen) atoms. The zero-order valence-corrected chi connectivity index (χ0v) is 15.7. The van der Waals surface area contributed by atoms with E-state index < -0.39 is 26.7 Å². The molecule has 0 aliphatic carbocycles. The Labute approximate surface area is 152 Å². The predicted octanol–water partition coefficient (Wildman–Crippen LogP) is 4.14. The van der Waals surface area contributed by atoms with Crippen LogP contribution in [0.2, 0.25) is 5.02 Å². The Hall–Kier alpha value is -1.64. The Morgan fingerprint density at radius 1 is 1.29 bits per heavy atom. The number of aryl methyl sites for hydroxylation is 1. The molecule has 0 radical (unpaired) electrons. The summed E-state index contributed by atoms with van der Waals surface area (Å²) in [6.07, 6.45) is 0. The average Bonchev–Trinajstić information content (AvgIpc) is 2.49. The molecule has 0 aliphatic rings. The summed E-state index contributed by atoms with van der Waals surface area (Å²) in [6, 6.07) is 6.44. The van der Waals surface area contributed by atoms with E-state index in [0.717, 1.165) is 19.2 Å². The molecule has 2 rings (SSSR count). The van der Waals surface area contributed by atoms with Gasteiger partial charge >= 0.3 is 5.97 Å². The molecule has 0 aliphatic heterocycles. The number of carbonyl (C=O) groups is 1. The number of esters is 1. The van der Waals surface area contributed by atoms with Gasteiger partial charge in [0.1, 0.15) is 10.7 Å². The fourth-order valence-electron chi connectivity index (χ4n) is 1.91. The van der Waals surface area contributed by atoms with Crippen LogP contribution in [0.25, 0.3) is 0 Å². The molecule has 2 aromatic carbocycles. The number of rotatable bonds is 4. The van der Waals surface area contributed by atoms with E-state index in [9.17, 15) is 17.6 Å². The minimum absolute atomic E-state index is 0.0877. The second-order valence-electron chi connectivity index (χ2n) is 4.82. The van der Waals surface area contributed by atoms with Crippen LogP contribution in [0.3, 0.4) is 0 Å². The van der Waals surface area contributed by atoms with Crippen LogP contribution in [0, 0.1) is 12.7 Å². The standard InChI is InChI=1S/C15H12BrClFNO4S/c1-8-3-4-9(17)5-13(8)19-24(21,22)14-6-10(15(20)23-2)11(16)7-12(14)18/h3-7,19H,1-2H3. The summed E-state index contributed by atoms with van der Waals surface area (Å²) in [7, 11) is -3.14. The molecule has 0 amide bonds. The number of benzene rings is 2. The van der Waals surface area contributed by atoms with Crippen molar-refractivity contribution in [1.82, 2.24) is 0 Å². The van der Waals surface area contributed by atoms with Gasteiger partial charge in [-0.05, 0) is 52.7 Å². The van der Waals surface area contributed by atoms with Crippen molar-refractivity contribution in [1.29, 1.82) is 0 Å². The van der Waals surface area contributed by atoms with Gasteiger partial charge in [-0.25, -0.2) is 17.6 Å². The van der Waals surface area contributed by atoms with E-state index >= 15 is 0 Å². The molecule has 0 bridgehead atoms. The van der Waals surface area contributed by atoms with Crippen LogP contribution in [0.5, 0.6) is 0 Å². The van der Waals surface area contributed by atoms with E-state index in [0.29, 0.717) is 10.6 Å². The maximum Gasteiger partial charge on any atom is 0.339 e. The molecular formula is C15H12BrClFNO4S. The molecular weight excluding hydrogens is 425 g/mol. The van der Waals surface area contributed by atoms with Crippen molar-refractivity contribution in [2.45, 2.75) is 11.8 Å². The quantitative estimate of drug-likeness (QED) is 0.731. The molecule has 0 spiro atoms. The number of halogens is 3. The first-order chi connectivity index (χ1) is 11.2. The van der Waals surface area contributed by atoms with Gasteiger partial charge < -0.3 is 4.74 Å². The van der Waals surface area contributed by atoms with Crippen LogP contribution in [0.1, 0.15) is 15.9 Å². The van der Waals surface area contributed by atoms with Gasteiger partial charge in [-0.2, -0.15) is 0 Å². The molecule has 1 N–H and O–H groups in total. The van der Waals surface area contributed by atoms with Gasteiger partial charge in [0.15, 0.2) is 0 Å². The topological polar surface area (TPSA) is 72.5 Å². The number of carbonyl (C=O) groups excluding carboxylic acids is 1. The smallest absolute Gasteiger partial charge is 0.339 e. The van der Waals surface area contributed by atoms with Crippen LogP contribution in [-0.4, -0.2) is 21.5 Å². The van der Waals surface area contributed by atoms with Crippen LogP contribution >= 0.6 is 27.5 Å². The number of ether oxygens (including phenoxy) is 1. The summed E-state index contributed by atoms with van der Waals surface area (Å²) >= 11 is 8.86. The van der Waals surface area contributed by atoms with E-state index in [1.165, 1.54) is 6.07 Å². The lowest BCUT2D eigenvalue weighted by Crippen LogP contribution is -2.17. The highest BCUT2D eigenvalue weighted by atomic mass is 79.9. The van der Waals surface area contributed by atoms with Gasteiger partial charge in [-0.1, -0.05) is 17.7 Å². The van der Waals surface area contributed by atoms with Crippen molar-refractivity contribution in [2.75, 3.05) is 11.8 Å². The molecule has 0 fully saturated rings. The minimum atomic E-state index is -4.28. The van der Waals surface area contributed by atoms with Crippen LogP contribution < -0.4 is 4.72 Å². The average molecular weight is 437 g/mol. The highest BCUT2D eigenvalue weighted by molar-refractivity contribution is 9.10. The largest absolute Gasteiger partial charge is 0.465 e. The SMILES string of the molecule is COC(=O)c1cc(S(=O)(=O)Nc2cc(Cl)ccc2C)c(F)cc1Br. The summed E-state index contributed by atoms with van der Waals surface area (Å²) in [5, 5.41) is 0.324. The van der Waals surface area contributed by atoms with Gasteiger partial charge in [0.2, 0.25) is 0 Å². The van der Waals surface area contributed by atoms with Crippen molar-refractivity contribution >= 4 is 49.2 Å². The number of methoxy groups -OCH3 is 1. The Kier molecular flexibility index (Phi) is 5.52. The minimum Gasteiger partial charge on any atom is -0.465 e. The fourth-order valence-corrected chi connectivity index (χ4v) is 3.76. The third-order valence-corrected chi connectivity index (χ3v) is 5.43. The molecule has 0 unspecified atom stereocenters. The second kappa shape index (κ2) is 7.08. The van der Waals surface area contributed by atoms with Gasteiger partial charge in [-0.15, -0.1) is 0 Å². The summed E-state index contributed by atoms with van der Waals surface area (Å²) in [6.45, 7) is 1.67. The molecule has 0 aromatic heterocycles. The highest BCUT2D eigenvalue weighted by Crippen LogP contribution is 2.28. The lowest BCUT2D eigenvalue weighted by Gasteiger charge is -2.13. The molecule has 0 saturated carbocycles. The maximum absolute atomic E-state index is 14.1. The van der Waals surface area contributed by atoms with Crippen LogP contribution in [0.4, 0.5) is 10.1 Å². The van der Waals surface area contributed by atoms with E-state index in [4.69, 9.17) is 11.6 Å². The molecule has 128 valence electrons. The maximum atomic E-state index is 14.1. The van der Waals surface area contributed by atoms with Crippen molar-refractivity contribution in [3.8, 4) is 0 Å². The van der Waals surface area contributed by atoms with Gasteiger partial charge in [0.25, 0.3) is 10.0 Å². The highest BCUT2D eigenvalue weighted by Gasteiger charge is 2.24. The van der Waals surface area contributed by atoms with Gasteiger partial charge in [0.05, 0.1) is 18.4 Å². The van der Waals surface area contributed by atoms with Crippen LogP contribution in [0.15, 0.2) is 39.7 Å². The van der Waals surface area contributed by atoms with Crippen molar-refractivity contribution in [3.63, 3.8) is 0 Å². The first-order valence-corrected chi connectivity index (χ1v) is 9.17. The van der Waals surface area contributed by atoms with Crippen molar-refractivity contribution in [2.24, 2.45) is 0 Å². The number of sulfonamides is 1. The molecule has 9 heteroatoms. The van der Waals surface area contributed by atoms with E-state index in [-0.39, 0.29) is 15.7 Å². The Morgan fingerprint density at radius 3 is 2.58 bits per heavy atom. The van der Waals surface area contributed by atoms with Crippen LogP contribution in [-0.2, 0) is 14.8 Å². The lowest BCUT2D eigenvalue weighted by atomic mass is 10.2. The molecule has 2 aromatic rings. The normalized spacial score (nSPS) is 11.2. The van der Waals surface area contributed by atoms with Crippen molar-refractivity contribution in [3.05, 3.63) is 56.8 Å². The van der Waals surface area contributed by atoms with Crippen molar-refractivity contribution < 1.29 is 22.3 Å². The van der Waals surface area contributed by atoms with Gasteiger partial charge in [-0.3, -0.25) is 4.72 Å². The number of nitrogens with one attached hydrogen (secondary N) is 1. The summed E-state index contributed by atoms with van der Waals surface area (Å²) in [5.41, 5.74) is 0.709.